The second kappa shape index (κ2) is 12.1. The fraction of sp³-hybridized carbons (Fsp3) is 0. The molecule has 9 aromatic carbocycles. The van der Waals surface area contributed by atoms with Gasteiger partial charge in [-0.25, -0.2) is 9.97 Å². The maximum atomic E-state index is 6.48. The number of benzene rings is 9. The maximum absolute atomic E-state index is 6.48. The SMILES string of the molecule is c1ccc(-c2ccc(-c3nc(-c4ccc(-n5c6ccccc6c6c7c8ccc9ccccc9c8n8c9ccccc9c(cc65)c78)cc4)nc4c3oc3ccccc34)cc2)cc1. The van der Waals surface area contributed by atoms with Gasteiger partial charge in [0.25, 0.3) is 0 Å². The molecule has 0 aliphatic carbocycles. The number of rotatable bonds is 4. The lowest BCUT2D eigenvalue weighted by Gasteiger charge is -2.10. The maximum Gasteiger partial charge on any atom is 0.180 e. The molecule has 5 heteroatoms. The molecule has 0 saturated heterocycles. The van der Waals surface area contributed by atoms with Gasteiger partial charge in [-0.2, -0.15) is 0 Å². The van der Waals surface area contributed by atoms with E-state index < -0.39 is 0 Å². The minimum atomic E-state index is 0.654. The predicted molar refractivity (Wildman–Crippen MR) is 252 cm³/mol. The number of hydrogen-bond acceptors (Lipinski definition) is 3. The Kier molecular flexibility index (Phi) is 6.49. The molecule has 5 aromatic heterocycles. The molecule has 5 heterocycles. The third-order valence-electron chi connectivity index (χ3n) is 12.9. The Labute approximate surface area is 348 Å². The molecule has 0 saturated carbocycles. The normalized spacial score (nSPS) is 12.3. The summed E-state index contributed by atoms with van der Waals surface area (Å²) in [6.45, 7) is 0. The minimum Gasteiger partial charge on any atom is -0.452 e. The van der Waals surface area contributed by atoms with Crippen molar-refractivity contribution < 1.29 is 4.42 Å². The van der Waals surface area contributed by atoms with Crippen LogP contribution in [0.2, 0.25) is 0 Å². The van der Waals surface area contributed by atoms with Crippen molar-refractivity contribution in [3.05, 3.63) is 194 Å². The number of hydrogen-bond donors (Lipinski definition) is 0. The second-order valence-corrected chi connectivity index (χ2v) is 16.1. The van der Waals surface area contributed by atoms with E-state index in [4.69, 9.17) is 14.4 Å². The topological polar surface area (TPSA) is 48.3 Å². The van der Waals surface area contributed by atoms with E-state index in [1.807, 2.05) is 24.3 Å². The summed E-state index contributed by atoms with van der Waals surface area (Å²) < 4.78 is 11.4. The van der Waals surface area contributed by atoms with Crippen molar-refractivity contribution in [2.75, 3.05) is 0 Å². The molecule has 14 aromatic rings. The average molecular weight is 777 g/mol. The number of para-hydroxylation sites is 3. The largest absolute Gasteiger partial charge is 0.452 e. The van der Waals surface area contributed by atoms with Crippen molar-refractivity contribution in [2.45, 2.75) is 0 Å². The summed E-state index contributed by atoms with van der Waals surface area (Å²) in [5.74, 6) is 0.654. The molecule has 0 aliphatic rings. The smallest absolute Gasteiger partial charge is 0.180 e. The van der Waals surface area contributed by atoms with Gasteiger partial charge in [0.1, 0.15) is 16.8 Å². The summed E-state index contributed by atoms with van der Waals surface area (Å²) in [5, 5.41) is 11.1. The molecule has 14 rings (SSSR count). The van der Waals surface area contributed by atoms with Crippen molar-refractivity contribution in [3.8, 4) is 39.5 Å². The predicted octanol–water partition coefficient (Wildman–Crippen LogP) is 14.8. The van der Waals surface area contributed by atoms with Gasteiger partial charge in [-0.1, -0.05) is 140 Å². The molecule has 0 bridgehead atoms. The van der Waals surface area contributed by atoms with E-state index >= 15 is 0 Å². The van der Waals surface area contributed by atoms with Crippen LogP contribution in [0.15, 0.2) is 199 Å². The summed E-state index contributed by atoms with van der Waals surface area (Å²) >= 11 is 0. The van der Waals surface area contributed by atoms with E-state index in [2.05, 4.69) is 179 Å². The zero-order valence-electron chi connectivity index (χ0n) is 32.7. The van der Waals surface area contributed by atoms with E-state index in [0.717, 1.165) is 44.6 Å². The lowest BCUT2D eigenvalue weighted by molar-refractivity contribution is 0.667. The van der Waals surface area contributed by atoms with E-state index in [-0.39, 0.29) is 0 Å². The molecular formula is C56H32N4O. The third-order valence-corrected chi connectivity index (χ3v) is 12.9. The van der Waals surface area contributed by atoms with Crippen LogP contribution in [-0.4, -0.2) is 18.9 Å². The van der Waals surface area contributed by atoms with Crippen molar-refractivity contribution in [1.29, 1.82) is 0 Å². The first kappa shape index (κ1) is 32.7. The highest BCUT2D eigenvalue weighted by Crippen LogP contribution is 2.48. The number of furan rings is 1. The van der Waals surface area contributed by atoms with Crippen LogP contribution in [-0.2, 0) is 0 Å². The standard InChI is InChI=1S/C56H32N4O/c1-2-12-33(13-3-1)34-22-24-36(25-23-34)51-55-52(42-18-8-11-21-48(42)61-55)58-56(57-51)37-26-29-38(30-27-37)59-46-20-10-7-17-41(46)49-47(59)32-44-40-16-6-9-19-45(40)60-53-39-15-5-4-14-35(39)28-31-43(53)50(49)54(44)60/h1-32H. The zero-order chi connectivity index (χ0) is 39.8. The highest BCUT2D eigenvalue weighted by Gasteiger charge is 2.25. The van der Waals surface area contributed by atoms with Crippen LogP contribution in [0, 0.1) is 0 Å². The molecule has 282 valence electrons. The van der Waals surface area contributed by atoms with Crippen molar-refractivity contribution >= 4 is 92.7 Å². The number of nitrogens with zero attached hydrogens (tertiary/aromatic N) is 4. The summed E-state index contributed by atoms with van der Waals surface area (Å²) in [6, 6.07) is 69.4. The highest BCUT2D eigenvalue weighted by atomic mass is 16.3. The van der Waals surface area contributed by atoms with Gasteiger partial charge >= 0.3 is 0 Å². The van der Waals surface area contributed by atoms with Gasteiger partial charge in [0.15, 0.2) is 11.4 Å². The minimum absolute atomic E-state index is 0.654. The molecule has 0 spiro atoms. The second-order valence-electron chi connectivity index (χ2n) is 16.1. The van der Waals surface area contributed by atoms with E-state index in [1.54, 1.807) is 0 Å². The Hall–Kier alpha value is -8.28. The fourth-order valence-electron chi connectivity index (χ4n) is 10.2. The quantitative estimate of drug-likeness (QED) is 0.179. The Balaban J connectivity index is 0.985. The van der Waals surface area contributed by atoms with Crippen LogP contribution >= 0.6 is 0 Å². The van der Waals surface area contributed by atoms with Crippen LogP contribution in [0.5, 0.6) is 0 Å². The summed E-state index contributed by atoms with van der Waals surface area (Å²) in [4.78, 5) is 10.4. The lowest BCUT2D eigenvalue weighted by Crippen LogP contribution is -1.96. The van der Waals surface area contributed by atoms with E-state index in [9.17, 15) is 0 Å². The van der Waals surface area contributed by atoms with Gasteiger partial charge in [-0.3, -0.25) is 0 Å². The van der Waals surface area contributed by atoms with Gasteiger partial charge in [-0.05, 0) is 71.1 Å². The van der Waals surface area contributed by atoms with Crippen LogP contribution in [0.1, 0.15) is 0 Å². The summed E-state index contributed by atoms with van der Waals surface area (Å²) in [7, 11) is 0. The van der Waals surface area contributed by atoms with Gasteiger partial charge in [0, 0.05) is 59.9 Å². The molecule has 0 atom stereocenters. The van der Waals surface area contributed by atoms with Crippen LogP contribution in [0.3, 0.4) is 0 Å². The molecule has 0 N–H and O–H groups in total. The monoisotopic (exact) mass is 776 g/mol. The van der Waals surface area contributed by atoms with Gasteiger partial charge in [0.05, 0.1) is 27.6 Å². The van der Waals surface area contributed by atoms with Crippen molar-refractivity contribution in [1.82, 2.24) is 18.9 Å². The zero-order valence-corrected chi connectivity index (χ0v) is 32.7. The Bertz CT molecular complexity index is 4080. The Morgan fingerprint density at radius 2 is 1.05 bits per heavy atom. The fourth-order valence-corrected chi connectivity index (χ4v) is 10.2. The van der Waals surface area contributed by atoms with Crippen molar-refractivity contribution in [3.63, 3.8) is 0 Å². The number of aromatic nitrogens is 4. The van der Waals surface area contributed by atoms with Gasteiger partial charge in [0.2, 0.25) is 0 Å². The van der Waals surface area contributed by atoms with Crippen molar-refractivity contribution in [2.24, 2.45) is 0 Å². The summed E-state index contributed by atoms with van der Waals surface area (Å²) in [6.07, 6.45) is 0. The number of fused-ring (bicyclic) bond motifs is 15. The highest BCUT2D eigenvalue weighted by molar-refractivity contribution is 6.37. The first-order chi connectivity index (χ1) is 30.3. The Morgan fingerprint density at radius 3 is 1.89 bits per heavy atom. The average Bonchev–Trinajstić information content (AvgIpc) is 4.07. The van der Waals surface area contributed by atoms with Crippen LogP contribution in [0.4, 0.5) is 0 Å². The summed E-state index contributed by atoms with van der Waals surface area (Å²) in [5.41, 5.74) is 14.5. The molecule has 0 aliphatic heterocycles. The van der Waals surface area contributed by atoms with Crippen LogP contribution < -0.4 is 0 Å². The molecule has 5 nitrogen and oxygen atoms in total. The van der Waals surface area contributed by atoms with E-state index in [1.165, 1.54) is 76.2 Å². The van der Waals surface area contributed by atoms with E-state index in [0.29, 0.717) is 11.4 Å². The van der Waals surface area contributed by atoms with Gasteiger partial charge in [-0.15, -0.1) is 0 Å². The molecule has 0 amide bonds. The lowest BCUT2D eigenvalue weighted by atomic mass is 10.00. The molecular weight excluding hydrogens is 745 g/mol. The Morgan fingerprint density at radius 1 is 0.393 bits per heavy atom. The first-order valence-electron chi connectivity index (χ1n) is 20.7. The molecule has 0 fully saturated rings. The third kappa shape index (κ3) is 4.49. The molecule has 61 heavy (non-hydrogen) atoms. The first-order valence-corrected chi connectivity index (χ1v) is 20.7. The molecule has 0 radical (unpaired) electrons. The van der Waals surface area contributed by atoms with Crippen LogP contribution in [0.25, 0.3) is 132 Å². The molecule has 0 unspecified atom stereocenters. The van der Waals surface area contributed by atoms with Gasteiger partial charge < -0.3 is 13.4 Å².